The zero-order valence-corrected chi connectivity index (χ0v) is 23.1. The number of carbonyl (C=O) groups excluding carboxylic acids is 2. The van der Waals surface area contributed by atoms with Gasteiger partial charge >= 0.3 is 6.03 Å². The number of halogens is 1. The second-order valence-corrected chi connectivity index (χ2v) is 11.1. The minimum atomic E-state index is -1.13. The predicted octanol–water partition coefficient (Wildman–Crippen LogP) is 6.14. The molecule has 3 N–H and O–H groups in total. The molecular weight excluding hydrogens is 545 g/mol. The summed E-state index contributed by atoms with van der Waals surface area (Å²) in [6.07, 6.45) is 1.87. The maximum Gasteiger partial charge on any atom is 0.331 e. The van der Waals surface area contributed by atoms with Gasteiger partial charge in [-0.3, -0.25) is 15.0 Å². The van der Waals surface area contributed by atoms with Crippen molar-refractivity contribution in [3.05, 3.63) is 83.6 Å². The molecule has 2 aliphatic rings. The monoisotopic (exact) mass is 573 g/mol. The summed E-state index contributed by atoms with van der Waals surface area (Å²) in [7, 11) is 0. The number of aryl methyl sites for hydroxylation is 1. The Balaban J connectivity index is 1.28. The lowest BCUT2D eigenvalue weighted by molar-refractivity contribution is -0.130. The van der Waals surface area contributed by atoms with Gasteiger partial charge < -0.3 is 20.1 Å². The highest BCUT2D eigenvalue weighted by atomic mass is 32.1. The number of anilines is 3. The first kappa shape index (κ1) is 26.9. The summed E-state index contributed by atoms with van der Waals surface area (Å²) >= 11 is 1.28. The van der Waals surface area contributed by atoms with E-state index in [1.807, 2.05) is 55.5 Å². The first-order valence-electron chi connectivity index (χ1n) is 13.2. The summed E-state index contributed by atoms with van der Waals surface area (Å²) in [5.41, 5.74) is 2.68. The molecule has 1 fully saturated rings. The van der Waals surface area contributed by atoms with E-state index >= 15 is 0 Å². The summed E-state index contributed by atoms with van der Waals surface area (Å²) in [6.45, 7) is 5.69. The van der Waals surface area contributed by atoms with Crippen LogP contribution in [0.15, 0.2) is 73.2 Å². The van der Waals surface area contributed by atoms with Gasteiger partial charge in [0.05, 0.1) is 27.3 Å². The van der Waals surface area contributed by atoms with E-state index in [0.717, 1.165) is 10.9 Å². The lowest BCUT2D eigenvalue weighted by Gasteiger charge is -2.34. The van der Waals surface area contributed by atoms with Gasteiger partial charge in [0.2, 0.25) is 0 Å². The number of para-hydroxylation sites is 1. The van der Waals surface area contributed by atoms with Crippen LogP contribution in [-0.2, 0) is 4.79 Å². The second-order valence-electron chi connectivity index (χ2n) is 10.0. The number of hydrogen-bond acceptors (Lipinski definition) is 7. The quantitative estimate of drug-likeness (QED) is 0.181. The molecule has 4 heterocycles. The van der Waals surface area contributed by atoms with Gasteiger partial charge in [-0.15, -0.1) is 11.3 Å². The van der Waals surface area contributed by atoms with Crippen LogP contribution in [0.5, 0.6) is 11.5 Å². The Kier molecular flexibility index (Phi) is 7.16. The Hall–Kier alpha value is -4.32. The fraction of sp³-hybridized carbons (Fsp3) is 0.233. The maximum absolute atomic E-state index is 13.5. The van der Waals surface area contributed by atoms with Gasteiger partial charge in [0.1, 0.15) is 22.6 Å². The number of nitrogens with one attached hydrogen (secondary N) is 2. The Morgan fingerprint density at radius 2 is 2.02 bits per heavy atom. The number of aliphatic hydroxyl groups excluding tert-OH is 1. The molecule has 2 aromatic carbocycles. The lowest BCUT2D eigenvalue weighted by Crippen LogP contribution is -2.49. The highest BCUT2D eigenvalue weighted by Gasteiger charge is 2.34. The van der Waals surface area contributed by atoms with Crippen molar-refractivity contribution >= 4 is 50.6 Å². The summed E-state index contributed by atoms with van der Waals surface area (Å²) in [4.78, 5) is 34.3. The van der Waals surface area contributed by atoms with Crippen molar-refractivity contribution in [1.29, 1.82) is 0 Å². The fourth-order valence-electron chi connectivity index (χ4n) is 5.37. The van der Waals surface area contributed by atoms with Crippen molar-refractivity contribution in [1.82, 2.24) is 15.2 Å². The number of thiophene rings is 1. The van der Waals surface area contributed by atoms with Gasteiger partial charge in [0.15, 0.2) is 5.83 Å². The van der Waals surface area contributed by atoms with Crippen LogP contribution in [0.4, 0.5) is 26.2 Å². The van der Waals surface area contributed by atoms with E-state index < -0.39 is 18.0 Å². The minimum absolute atomic E-state index is 0.242. The zero-order valence-electron chi connectivity index (χ0n) is 22.3. The van der Waals surface area contributed by atoms with Gasteiger partial charge in [-0.05, 0) is 61.7 Å². The van der Waals surface area contributed by atoms with E-state index in [-0.39, 0.29) is 18.6 Å². The summed E-state index contributed by atoms with van der Waals surface area (Å²) in [5.74, 6) is -0.367. The molecule has 9 nitrogen and oxygen atoms in total. The smallest absolute Gasteiger partial charge is 0.331 e. The number of nitrogens with zero attached hydrogens (tertiary/aromatic N) is 3. The molecule has 41 heavy (non-hydrogen) atoms. The van der Waals surface area contributed by atoms with Crippen LogP contribution in [-0.4, -0.2) is 46.1 Å². The third-order valence-electron chi connectivity index (χ3n) is 7.24. The number of benzene rings is 2. The Labute approximate surface area is 239 Å². The molecule has 2 atom stereocenters. The third-order valence-corrected chi connectivity index (χ3v) is 8.39. The number of aliphatic hydroxyl groups is 1. The van der Waals surface area contributed by atoms with Crippen LogP contribution in [0.3, 0.4) is 0 Å². The maximum atomic E-state index is 13.5. The molecule has 210 valence electrons. The Morgan fingerprint density at radius 3 is 2.78 bits per heavy atom. The third kappa shape index (κ3) is 5.15. The molecule has 6 rings (SSSR count). The predicted molar refractivity (Wildman–Crippen MR) is 156 cm³/mol. The summed E-state index contributed by atoms with van der Waals surface area (Å²) in [5, 5.41) is 18.0. The van der Waals surface area contributed by atoms with Crippen molar-refractivity contribution in [2.24, 2.45) is 0 Å². The highest BCUT2D eigenvalue weighted by Crippen LogP contribution is 2.48. The number of pyridine rings is 1. The van der Waals surface area contributed by atoms with Crippen molar-refractivity contribution in [2.75, 3.05) is 23.3 Å². The topological polar surface area (TPSA) is 107 Å². The number of aromatic nitrogens is 1. The molecular formula is C30H28FN5O4S. The summed E-state index contributed by atoms with van der Waals surface area (Å²) in [6, 6.07) is 16.2. The van der Waals surface area contributed by atoms with E-state index in [4.69, 9.17) is 4.74 Å². The number of likely N-dealkylation sites (tertiary alicyclic amines) is 1. The molecule has 4 aromatic rings. The average molecular weight is 574 g/mol. The number of amides is 3. The van der Waals surface area contributed by atoms with Crippen LogP contribution in [0, 0.1) is 6.92 Å². The normalized spacial score (nSPS) is 17.3. The molecule has 0 spiro atoms. The number of rotatable bonds is 7. The van der Waals surface area contributed by atoms with Crippen molar-refractivity contribution in [3.63, 3.8) is 0 Å². The average Bonchev–Trinajstić information content (AvgIpc) is 3.33. The van der Waals surface area contributed by atoms with Crippen LogP contribution >= 0.6 is 11.3 Å². The van der Waals surface area contributed by atoms with E-state index in [1.165, 1.54) is 16.2 Å². The van der Waals surface area contributed by atoms with E-state index in [0.29, 0.717) is 57.7 Å². The number of urea groups is 1. The molecule has 0 aliphatic carbocycles. The molecule has 11 heteroatoms. The minimum Gasteiger partial charge on any atom is -0.457 e. The molecule has 2 aromatic heterocycles. The standard InChI is InChI=1S/C30H28FN5O4S/c1-17-15-21(40-20-8-4-3-5-9-20)10-11-22(17)36-23-12-13-32-28-24(23)25(34-30(36)39)26(41-28)27(37)33-19-7-6-14-35(16-19)29(38)18(2)31/h3-5,8-13,15,19,27,33,37H,2,6-7,14,16H2,1H3,(H,34,39)/t19-,27?/m1/s1. The van der Waals surface area contributed by atoms with Crippen LogP contribution in [0.25, 0.3) is 10.2 Å². The first-order chi connectivity index (χ1) is 19.8. The first-order valence-corrected chi connectivity index (χ1v) is 14.1. The highest BCUT2D eigenvalue weighted by molar-refractivity contribution is 7.19. The number of piperidine rings is 1. The SMILES string of the molecule is C=C(F)C(=O)N1CCC[C@@H](NC(O)c2sc3nccc4c3c2NC(=O)N4c2ccc(Oc3ccccc3)cc2C)C1. The summed E-state index contributed by atoms with van der Waals surface area (Å²) < 4.78 is 19.4. The Bertz CT molecular complexity index is 1660. The van der Waals surface area contributed by atoms with E-state index in [2.05, 4.69) is 22.2 Å². The molecule has 0 saturated carbocycles. The van der Waals surface area contributed by atoms with Gasteiger partial charge in [-0.1, -0.05) is 24.8 Å². The molecule has 3 amide bonds. The number of ether oxygens (including phenoxy) is 1. The fourth-order valence-corrected chi connectivity index (χ4v) is 6.44. The van der Waals surface area contributed by atoms with E-state index in [9.17, 15) is 19.1 Å². The van der Waals surface area contributed by atoms with Crippen LogP contribution in [0.1, 0.15) is 29.5 Å². The number of hydrogen-bond donors (Lipinski definition) is 3. The lowest BCUT2D eigenvalue weighted by atomic mass is 10.0. The zero-order chi connectivity index (χ0) is 28.7. The van der Waals surface area contributed by atoms with Crippen molar-refractivity contribution in [2.45, 2.75) is 32.0 Å². The molecule has 2 aliphatic heterocycles. The van der Waals surface area contributed by atoms with Crippen LogP contribution < -0.4 is 20.3 Å². The van der Waals surface area contributed by atoms with Gasteiger partial charge in [0, 0.05) is 25.3 Å². The van der Waals surface area contributed by atoms with E-state index in [1.54, 1.807) is 17.2 Å². The molecule has 0 bridgehead atoms. The largest absolute Gasteiger partial charge is 0.457 e. The Morgan fingerprint density at radius 1 is 1.22 bits per heavy atom. The molecule has 0 radical (unpaired) electrons. The molecule has 1 unspecified atom stereocenters. The van der Waals surface area contributed by atoms with Gasteiger partial charge in [0.25, 0.3) is 5.91 Å². The van der Waals surface area contributed by atoms with Crippen molar-refractivity contribution in [3.8, 4) is 11.5 Å². The van der Waals surface area contributed by atoms with Crippen LogP contribution in [0.2, 0.25) is 0 Å². The second kappa shape index (κ2) is 10.9. The number of carbonyl (C=O) groups is 2. The van der Waals surface area contributed by atoms with Gasteiger partial charge in [-0.2, -0.15) is 0 Å². The molecule has 1 saturated heterocycles. The van der Waals surface area contributed by atoms with Crippen molar-refractivity contribution < 1.29 is 23.8 Å². The van der Waals surface area contributed by atoms with Gasteiger partial charge in [-0.25, -0.2) is 14.2 Å².